The number of likely N-dealkylation sites (N-methyl/N-ethyl adjacent to an activating group) is 1. The van der Waals surface area contributed by atoms with E-state index in [0.717, 1.165) is 32.1 Å². The highest BCUT2D eigenvalue weighted by molar-refractivity contribution is 7.07. The van der Waals surface area contributed by atoms with Gasteiger partial charge in [0.15, 0.2) is 5.96 Å². The van der Waals surface area contributed by atoms with Gasteiger partial charge in [-0.05, 0) is 41.9 Å². The molecule has 0 amide bonds. The molecule has 2 N–H and O–H groups in total. The van der Waals surface area contributed by atoms with Crippen molar-refractivity contribution in [2.75, 3.05) is 40.3 Å². The standard InChI is InChI=1S/C14H26N4S/c1-5-18(4)8-7-16-14(15-3)17-10-12(2)13-6-9-19-11-13/h6,9,11-12H,5,7-8,10H2,1-4H3,(H2,15,16,17). The van der Waals surface area contributed by atoms with Crippen LogP contribution in [0.15, 0.2) is 21.8 Å². The summed E-state index contributed by atoms with van der Waals surface area (Å²) in [5.74, 6) is 1.38. The van der Waals surface area contributed by atoms with Gasteiger partial charge >= 0.3 is 0 Å². The van der Waals surface area contributed by atoms with Gasteiger partial charge in [-0.25, -0.2) is 0 Å². The van der Waals surface area contributed by atoms with Crippen molar-refractivity contribution in [3.8, 4) is 0 Å². The fourth-order valence-electron chi connectivity index (χ4n) is 1.67. The van der Waals surface area contributed by atoms with E-state index in [9.17, 15) is 0 Å². The van der Waals surface area contributed by atoms with Crippen molar-refractivity contribution in [2.45, 2.75) is 19.8 Å². The van der Waals surface area contributed by atoms with E-state index in [1.54, 1.807) is 11.3 Å². The normalized spacial score (nSPS) is 13.6. The van der Waals surface area contributed by atoms with Crippen LogP contribution in [-0.2, 0) is 0 Å². The molecule has 1 aromatic rings. The quantitative estimate of drug-likeness (QED) is 0.593. The first-order chi connectivity index (χ1) is 9.17. The maximum absolute atomic E-state index is 4.24. The topological polar surface area (TPSA) is 39.7 Å². The van der Waals surface area contributed by atoms with Gasteiger partial charge in [-0.3, -0.25) is 4.99 Å². The molecule has 0 aliphatic rings. The van der Waals surface area contributed by atoms with Gasteiger partial charge in [0, 0.05) is 26.7 Å². The van der Waals surface area contributed by atoms with Crippen molar-refractivity contribution in [3.05, 3.63) is 22.4 Å². The van der Waals surface area contributed by atoms with Crippen LogP contribution < -0.4 is 10.6 Å². The minimum absolute atomic E-state index is 0.503. The maximum atomic E-state index is 4.24. The minimum atomic E-state index is 0.503. The van der Waals surface area contributed by atoms with Crippen LogP contribution in [0.1, 0.15) is 25.3 Å². The molecule has 0 bridgehead atoms. The smallest absolute Gasteiger partial charge is 0.191 e. The average Bonchev–Trinajstić information content (AvgIpc) is 2.96. The van der Waals surface area contributed by atoms with Crippen molar-refractivity contribution < 1.29 is 0 Å². The van der Waals surface area contributed by atoms with E-state index in [1.807, 2.05) is 7.05 Å². The zero-order valence-corrected chi connectivity index (χ0v) is 13.3. The highest BCUT2D eigenvalue weighted by atomic mass is 32.1. The summed E-state index contributed by atoms with van der Waals surface area (Å²) in [5, 5.41) is 11.0. The zero-order valence-electron chi connectivity index (χ0n) is 12.4. The minimum Gasteiger partial charge on any atom is -0.356 e. The van der Waals surface area contributed by atoms with Crippen LogP contribution in [0.5, 0.6) is 0 Å². The molecule has 0 saturated carbocycles. The molecular formula is C14H26N4S. The van der Waals surface area contributed by atoms with E-state index in [2.05, 4.69) is 58.2 Å². The molecule has 0 aliphatic heterocycles. The fourth-order valence-corrected chi connectivity index (χ4v) is 2.45. The van der Waals surface area contributed by atoms with Gasteiger partial charge in [0.25, 0.3) is 0 Å². The van der Waals surface area contributed by atoms with Crippen molar-refractivity contribution in [1.82, 2.24) is 15.5 Å². The predicted octanol–water partition coefficient (Wildman–Crippen LogP) is 1.97. The van der Waals surface area contributed by atoms with Gasteiger partial charge in [-0.15, -0.1) is 0 Å². The Balaban J connectivity index is 2.25. The molecule has 1 rings (SSSR count). The third-order valence-corrected chi connectivity index (χ3v) is 3.94. The molecule has 108 valence electrons. The van der Waals surface area contributed by atoms with Crippen LogP contribution in [0.4, 0.5) is 0 Å². The van der Waals surface area contributed by atoms with Crippen LogP contribution in [0.3, 0.4) is 0 Å². The lowest BCUT2D eigenvalue weighted by atomic mass is 10.1. The lowest BCUT2D eigenvalue weighted by Gasteiger charge is -2.18. The Morgan fingerprint density at radius 3 is 2.84 bits per heavy atom. The first-order valence-electron chi connectivity index (χ1n) is 6.82. The lowest BCUT2D eigenvalue weighted by Crippen LogP contribution is -2.42. The Morgan fingerprint density at radius 1 is 1.47 bits per heavy atom. The summed E-state index contributed by atoms with van der Waals surface area (Å²) in [6.07, 6.45) is 0. The number of nitrogens with one attached hydrogen (secondary N) is 2. The Bertz CT molecular complexity index is 362. The summed E-state index contributed by atoms with van der Waals surface area (Å²) in [5.41, 5.74) is 1.39. The fraction of sp³-hybridized carbons (Fsp3) is 0.643. The van der Waals surface area contributed by atoms with Crippen LogP contribution in [0.25, 0.3) is 0 Å². The SMILES string of the molecule is CCN(C)CCNC(=NC)NCC(C)c1ccsc1. The van der Waals surface area contributed by atoms with Crippen LogP contribution >= 0.6 is 11.3 Å². The molecule has 0 spiro atoms. The molecule has 19 heavy (non-hydrogen) atoms. The Morgan fingerprint density at radius 2 is 2.26 bits per heavy atom. The largest absolute Gasteiger partial charge is 0.356 e. The van der Waals surface area contributed by atoms with E-state index >= 15 is 0 Å². The summed E-state index contributed by atoms with van der Waals surface area (Å²) in [6, 6.07) is 2.18. The molecule has 1 heterocycles. The second-order valence-electron chi connectivity index (χ2n) is 4.73. The number of guanidine groups is 1. The number of hydrogen-bond donors (Lipinski definition) is 2. The van der Waals surface area contributed by atoms with Crippen LogP contribution in [-0.4, -0.2) is 51.1 Å². The highest BCUT2D eigenvalue weighted by Gasteiger charge is 2.06. The van der Waals surface area contributed by atoms with Gasteiger partial charge in [-0.1, -0.05) is 13.8 Å². The number of rotatable bonds is 7. The lowest BCUT2D eigenvalue weighted by molar-refractivity contribution is 0.357. The van der Waals surface area contributed by atoms with E-state index in [4.69, 9.17) is 0 Å². The van der Waals surface area contributed by atoms with Gasteiger partial charge in [-0.2, -0.15) is 11.3 Å². The van der Waals surface area contributed by atoms with Gasteiger partial charge in [0.1, 0.15) is 0 Å². The number of aliphatic imine (C=N–C) groups is 1. The second kappa shape index (κ2) is 8.93. The average molecular weight is 282 g/mol. The third kappa shape index (κ3) is 6.07. The van der Waals surface area contributed by atoms with Gasteiger partial charge in [0.05, 0.1) is 0 Å². The van der Waals surface area contributed by atoms with E-state index in [0.29, 0.717) is 5.92 Å². The van der Waals surface area contributed by atoms with Crippen molar-refractivity contribution in [2.24, 2.45) is 4.99 Å². The van der Waals surface area contributed by atoms with E-state index in [-0.39, 0.29) is 0 Å². The Hall–Kier alpha value is -1.07. The van der Waals surface area contributed by atoms with Gasteiger partial charge in [0.2, 0.25) is 0 Å². The Labute approximate surface area is 120 Å². The molecule has 0 fully saturated rings. The first-order valence-corrected chi connectivity index (χ1v) is 7.76. The van der Waals surface area contributed by atoms with Crippen molar-refractivity contribution >= 4 is 17.3 Å². The molecule has 1 unspecified atom stereocenters. The first kappa shape index (κ1) is 16.0. The van der Waals surface area contributed by atoms with Crippen molar-refractivity contribution in [3.63, 3.8) is 0 Å². The van der Waals surface area contributed by atoms with E-state index < -0.39 is 0 Å². The Kier molecular flexibility index (Phi) is 7.52. The summed E-state index contributed by atoms with van der Waals surface area (Å²) in [7, 11) is 3.94. The summed E-state index contributed by atoms with van der Waals surface area (Å²) in [6.45, 7) is 8.31. The van der Waals surface area contributed by atoms with Crippen molar-refractivity contribution in [1.29, 1.82) is 0 Å². The molecule has 1 aromatic heterocycles. The molecule has 5 heteroatoms. The maximum Gasteiger partial charge on any atom is 0.191 e. The molecule has 1 atom stereocenters. The zero-order chi connectivity index (χ0) is 14.1. The number of thiophene rings is 1. The monoisotopic (exact) mass is 282 g/mol. The molecule has 0 aromatic carbocycles. The molecule has 0 radical (unpaired) electrons. The molecule has 0 aliphatic carbocycles. The predicted molar refractivity (Wildman–Crippen MR) is 85.3 cm³/mol. The second-order valence-corrected chi connectivity index (χ2v) is 5.51. The third-order valence-electron chi connectivity index (χ3n) is 3.24. The van der Waals surface area contributed by atoms with Gasteiger partial charge < -0.3 is 15.5 Å². The summed E-state index contributed by atoms with van der Waals surface area (Å²) in [4.78, 5) is 6.51. The number of nitrogens with zero attached hydrogens (tertiary/aromatic N) is 2. The summed E-state index contributed by atoms with van der Waals surface area (Å²) < 4.78 is 0. The molecule has 0 saturated heterocycles. The van der Waals surface area contributed by atoms with E-state index in [1.165, 1.54) is 5.56 Å². The van der Waals surface area contributed by atoms with Crippen LogP contribution in [0, 0.1) is 0 Å². The number of hydrogen-bond acceptors (Lipinski definition) is 3. The molecular weight excluding hydrogens is 256 g/mol. The highest BCUT2D eigenvalue weighted by Crippen LogP contribution is 2.16. The van der Waals surface area contributed by atoms with Crippen LogP contribution in [0.2, 0.25) is 0 Å². The molecule has 4 nitrogen and oxygen atoms in total. The summed E-state index contributed by atoms with van der Waals surface area (Å²) >= 11 is 1.75.